The summed E-state index contributed by atoms with van der Waals surface area (Å²) in [6, 6.07) is 8.83. The van der Waals surface area contributed by atoms with Crippen LogP contribution in [-0.4, -0.2) is 41.0 Å². The highest BCUT2D eigenvalue weighted by Crippen LogP contribution is 2.29. The van der Waals surface area contributed by atoms with Crippen molar-refractivity contribution in [2.24, 2.45) is 0 Å². The number of hydrogen-bond acceptors (Lipinski definition) is 8. The third kappa shape index (κ3) is 4.76. The zero-order valence-corrected chi connectivity index (χ0v) is 15.9. The van der Waals surface area contributed by atoms with Crippen LogP contribution in [0, 0.1) is 6.92 Å². The van der Waals surface area contributed by atoms with Gasteiger partial charge < -0.3 is 19.3 Å². The predicted molar refractivity (Wildman–Crippen MR) is 101 cm³/mol. The fraction of sp³-hybridized carbons (Fsp3) is 0.222. The highest BCUT2D eigenvalue weighted by atomic mass is 32.2. The summed E-state index contributed by atoms with van der Waals surface area (Å²) in [7, 11) is 3.11. The Labute approximate surface area is 160 Å². The maximum Gasteiger partial charge on any atom is 0.259 e. The Bertz CT molecular complexity index is 927. The van der Waals surface area contributed by atoms with Gasteiger partial charge in [0.2, 0.25) is 5.91 Å². The van der Waals surface area contributed by atoms with E-state index in [4.69, 9.17) is 14.0 Å². The summed E-state index contributed by atoms with van der Waals surface area (Å²) in [6.45, 7) is 1.75. The topological polar surface area (TPSA) is 99.4 Å². The van der Waals surface area contributed by atoms with Gasteiger partial charge in [0.1, 0.15) is 11.5 Å². The molecule has 0 aliphatic heterocycles. The van der Waals surface area contributed by atoms with Gasteiger partial charge in [-0.05, 0) is 31.2 Å². The summed E-state index contributed by atoms with van der Waals surface area (Å²) < 4.78 is 15.5. The van der Waals surface area contributed by atoms with Crippen molar-refractivity contribution in [3.8, 4) is 23.0 Å². The Morgan fingerprint density at radius 1 is 1.22 bits per heavy atom. The molecule has 2 aromatic heterocycles. The molecule has 0 bridgehead atoms. The van der Waals surface area contributed by atoms with Crippen LogP contribution in [0.15, 0.2) is 46.1 Å². The van der Waals surface area contributed by atoms with Crippen molar-refractivity contribution in [2.45, 2.75) is 11.9 Å². The molecule has 0 atom stereocenters. The van der Waals surface area contributed by atoms with Crippen molar-refractivity contribution in [3.63, 3.8) is 0 Å². The second-order valence-corrected chi connectivity index (χ2v) is 6.43. The minimum atomic E-state index is -0.165. The number of nitrogens with one attached hydrogen (secondary N) is 1. The first-order chi connectivity index (χ1) is 13.1. The van der Waals surface area contributed by atoms with Gasteiger partial charge in [0, 0.05) is 12.3 Å². The lowest BCUT2D eigenvalue weighted by molar-refractivity contribution is -0.113. The van der Waals surface area contributed by atoms with Gasteiger partial charge in [-0.25, -0.2) is 4.98 Å². The third-order valence-corrected chi connectivity index (χ3v) is 4.49. The van der Waals surface area contributed by atoms with E-state index in [2.05, 4.69) is 20.4 Å². The van der Waals surface area contributed by atoms with Crippen molar-refractivity contribution in [1.82, 2.24) is 15.1 Å². The molecule has 0 aliphatic carbocycles. The Morgan fingerprint density at radius 3 is 2.70 bits per heavy atom. The first kappa shape index (κ1) is 18.7. The number of aromatic nitrogens is 3. The summed E-state index contributed by atoms with van der Waals surface area (Å²) in [5.74, 6) is 2.21. The Hall–Kier alpha value is -3.07. The van der Waals surface area contributed by atoms with Crippen LogP contribution in [0.3, 0.4) is 0 Å². The number of carbonyl (C=O) groups is 1. The Balaban J connectivity index is 1.58. The lowest BCUT2D eigenvalue weighted by Crippen LogP contribution is -2.14. The number of anilines is 1. The molecule has 3 aromatic rings. The summed E-state index contributed by atoms with van der Waals surface area (Å²) in [4.78, 5) is 20.7. The van der Waals surface area contributed by atoms with Gasteiger partial charge in [0.05, 0.1) is 36.2 Å². The van der Waals surface area contributed by atoms with Crippen LogP contribution in [0.4, 0.5) is 5.69 Å². The average molecular weight is 386 g/mol. The smallest absolute Gasteiger partial charge is 0.259 e. The van der Waals surface area contributed by atoms with E-state index in [1.54, 1.807) is 44.5 Å². The van der Waals surface area contributed by atoms with Crippen molar-refractivity contribution in [1.29, 1.82) is 0 Å². The van der Waals surface area contributed by atoms with Crippen molar-refractivity contribution in [2.75, 3.05) is 25.3 Å². The minimum absolute atomic E-state index is 0.165. The highest BCUT2D eigenvalue weighted by Gasteiger charge is 2.11. The Kier molecular flexibility index (Phi) is 5.92. The van der Waals surface area contributed by atoms with Gasteiger partial charge in [-0.15, -0.1) is 0 Å². The maximum absolute atomic E-state index is 12.2. The molecule has 1 N–H and O–H groups in total. The van der Waals surface area contributed by atoms with E-state index in [1.807, 2.05) is 6.07 Å². The number of benzene rings is 1. The molecule has 140 valence electrons. The van der Waals surface area contributed by atoms with Crippen molar-refractivity contribution >= 4 is 23.4 Å². The maximum atomic E-state index is 12.2. The number of carbonyl (C=O) groups excluding carboxylic acids is 1. The highest BCUT2D eigenvalue weighted by molar-refractivity contribution is 7.99. The molecule has 0 aliphatic rings. The molecule has 0 spiro atoms. The van der Waals surface area contributed by atoms with Gasteiger partial charge in [0.25, 0.3) is 5.89 Å². The normalized spacial score (nSPS) is 10.5. The number of nitrogens with zero attached hydrogens (tertiary/aromatic N) is 3. The van der Waals surface area contributed by atoms with E-state index in [-0.39, 0.29) is 11.7 Å². The van der Waals surface area contributed by atoms with Crippen LogP contribution >= 0.6 is 11.8 Å². The molecule has 8 nitrogen and oxygen atoms in total. The number of methoxy groups -OCH3 is 2. The second kappa shape index (κ2) is 8.54. The number of amides is 1. The number of aryl methyl sites for hydroxylation is 1. The van der Waals surface area contributed by atoms with Gasteiger partial charge >= 0.3 is 0 Å². The van der Waals surface area contributed by atoms with Gasteiger partial charge in [0.15, 0.2) is 5.82 Å². The second-order valence-electron chi connectivity index (χ2n) is 5.43. The zero-order valence-electron chi connectivity index (χ0n) is 15.1. The van der Waals surface area contributed by atoms with E-state index < -0.39 is 0 Å². The molecule has 9 heteroatoms. The van der Waals surface area contributed by atoms with E-state index >= 15 is 0 Å². The number of thioether (sulfide) groups is 1. The average Bonchev–Trinajstić information content (AvgIpc) is 3.13. The van der Waals surface area contributed by atoms with Crippen molar-refractivity contribution in [3.05, 3.63) is 42.4 Å². The molecule has 2 heterocycles. The van der Waals surface area contributed by atoms with E-state index in [1.165, 1.54) is 18.9 Å². The molecule has 0 fully saturated rings. The lowest BCUT2D eigenvalue weighted by atomic mass is 10.2. The van der Waals surface area contributed by atoms with Crippen molar-refractivity contribution < 1.29 is 18.8 Å². The molecule has 1 amide bonds. The van der Waals surface area contributed by atoms with Gasteiger partial charge in [-0.1, -0.05) is 16.9 Å². The fourth-order valence-corrected chi connectivity index (χ4v) is 2.88. The Morgan fingerprint density at radius 2 is 2.07 bits per heavy atom. The standard InChI is InChI=1S/C18H18N4O4S/c1-11-20-18(26-22-11)12-4-7-17(19-9-12)27-10-16(23)21-14-6-5-13(24-2)8-15(14)25-3/h4-9H,10H2,1-3H3,(H,21,23). The first-order valence-corrected chi connectivity index (χ1v) is 8.99. The van der Waals surface area contributed by atoms with E-state index in [0.29, 0.717) is 33.9 Å². The summed E-state index contributed by atoms with van der Waals surface area (Å²) in [5.41, 5.74) is 1.31. The monoisotopic (exact) mass is 386 g/mol. The molecular formula is C18H18N4O4S. The number of hydrogen-bond donors (Lipinski definition) is 1. The quantitative estimate of drug-likeness (QED) is 0.618. The number of pyridine rings is 1. The van der Waals surface area contributed by atoms with Crippen LogP contribution in [0.1, 0.15) is 5.82 Å². The predicted octanol–water partition coefficient (Wildman–Crippen LogP) is 3.19. The molecule has 0 saturated carbocycles. The largest absolute Gasteiger partial charge is 0.497 e. The molecule has 3 rings (SSSR count). The third-order valence-electron chi connectivity index (χ3n) is 3.54. The van der Waals surface area contributed by atoms with Gasteiger partial charge in [-0.3, -0.25) is 4.79 Å². The summed E-state index contributed by atoms with van der Waals surface area (Å²) in [6.07, 6.45) is 1.64. The number of rotatable bonds is 7. The molecule has 0 unspecified atom stereocenters. The fourth-order valence-electron chi connectivity index (χ4n) is 2.23. The minimum Gasteiger partial charge on any atom is -0.497 e. The molecule has 0 radical (unpaired) electrons. The summed E-state index contributed by atoms with van der Waals surface area (Å²) >= 11 is 1.32. The van der Waals surface area contributed by atoms with Crippen LogP contribution in [0.5, 0.6) is 11.5 Å². The molecule has 0 saturated heterocycles. The van der Waals surface area contributed by atoms with Gasteiger partial charge in [-0.2, -0.15) is 4.98 Å². The molecular weight excluding hydrogens is 368 g/mol. The van der Waals surface area contributed by atoms with E-state index in [9.17, 15) is 4.79 Å². The SMILES string of the molecule is COc1ccc(NC(=O)CSc2ccc(-c3nc(C)no3)cn2)c(OC)c1. The van der Waals surface area contributed by atoms with E-state index in [0.717, 1.165) is 5.56 Å². The zero-order chi connectivity index (χ0) is 19.2. The van der Waals surface area contributed by atoms with Crippen LogP contribution in [-0.2, 0) is 4.79 Å². The summed E-state index contributed by atoms with van der Waals surface area (Å²) in [5, 5.41) is 7.29. The first-order valence-electron chi connectivity index (χ1n) is 8.00. The molecule has 27 heavy (non-hydrogen) atoms. The lowest BCUT2D eigenvalue weighted by Gasteiger charge is -2.11. The number of ether oxygens (including phenoxy) is 2. The van der Waals surface area contributed by atoms with Crippen LogP contribution < -0.4 is 14.8 Å². The molecule has 1 aromatic carbocycles. The van der Waals surface area contributed by atoms with Crippen LogP contribution in [0.25, 0.3) is 11.5 Å². The van der Waals surface area contributed by atoms with Crippen LogP contribution in [0.2, 0.25) is 0 Å².